The highest BCUT2D eigenvalue weighted by atomic mass is 19.1. The molecule has 3 fully saturated rings. The Morgan fingerprint density at radius 2 is 2.04 bits per heavy atom. The summed E-state index contributed by atoms with van der Waals surface area (Å²) in [5.41, 5.74) is 2.79. The number of terminal acetylenes is 1. The zero-order valence-corrected chi connectivity index (χ0v) is 28.5. The quantitative estimate of drug-likeness (QED) is 0.231. The van der Waals surface area contributed by atoms with Crippen molar-refractivity contribution in [2.24, 2.45) is 5.41 Å². The van der Waals surface area contributed by atoms with Gasteiger partial charge in [-0.1, -0.05) is 31.9 Å². The highest BCUT2D eigenvalue weighted by Gasteiger charge is 2.46. The lowest BCUT2D eigenvalue weighted by atomic mass is 9.88. The van der Waals surface area contributed by atoms with E-state index >= 15 is 4.39 Å². The van der Waals surface area contributed by atoms with Crippen LogP contribution < -0.4 is 19.7 Å². The van der Waals surface area contributed by atoms with E-state index in [9.17, 15) is 5.11 Å². The second-order valence-electron chi connectivity index (χ2n) is 14.3. The number of halogens is 1. The predicted octanol–water partition coefficient (Wildman–Crippen LogP) is 5.67. The molecule has 0 radical (unpaired) electrons. The molecule has 8 rings (SSSR count). The number of aromatic hydroxyl groups is 1. The molecule has 2 saturated heterocycles. The SMILES string of the molecule is C#Cc1cccc2cc(O)cc(-c3c(F)c4c5c(nc(OCC6(CN7CCOC[C@H]7C)CC6)nc5c3CC)N3C[C@@H](CC)NC[C@H]3CO4)c12. The first-order valence-electron chi connectivity index (χ1n) is 17.7. The van der Waals surface area contributed by atoms with Crippen LogP contribution in [0.5, 0.6) is 17.5 Å². The van der Waals surface area contributed by atoms with E-state index in [0.29, 0.717) is 82.5 Å². The number of anilines is 1. The molecule has 1 saturated carbocycles. The number of benzene rings is 3. The summed E-state index contributed by atoms with van der Waals surface area (Å²) in [6.45, 7) is 11.9. The molecule has 1 aromatic heterocycles. The molecule has 256 valence electrons. The summed E-state index contributed by atoms with van der Waals surface area (Å²) >= 11 is 0. The van der Waals surface area contributed by atoms with Crippen LogP contribution in [-0.2, 0) is 11.2 Å². The lowest BCUT2D eigenvalue weighted by Crippen LogP contribution is -2.58. The second-order valence-corrected chi connectivity index (χ2v) is 14.3. The van der Waals surface area contributed by atoms with Gasteiger partial charge in [-0.2, -0.15) is 9.97 Å². The number of rotatable bonds is 8. The Bertz CT molecular complexity index is 1970. The van der Waals surface area contributed by atoms with E-state index in [1.807, 2.05) is 25.1 Å². The largest absolute Gasteiger partial charge is 0.508 e. The number of aryl methyl sites for hydroxylation is 1. The number of hydrogen-bond donors (Lipinski definition) is 2. The average Bonchev–Trinajstić information content (AvgIpc) is 3.91. The number of nitrogens with zero attached hydrogens (tertiary/aromatic N) is 4. The van der Waals surface area contributed by atoms with Gasteiger partial charge in [0, 0.05) is 60.2 Å². The van der Waals surface area contributed by atoms with E-state index in [1.54, 1.807) is 12.1 Å². The number of hydrogen-bond acceptors (Lipinski definition) is 9. The Balaban J connectivity index is 1.30. The Labute approximate surface area is 286 Å². The molecule has 0 bridgehead atoms. The first-order chi connectivity index (χ1) is 23.8. The van der Waals surface area contributed by atoms with Crippen molar-refractivity contribution in [3.05, 3.63) is 47.3 Å². The third-order valence-corrected chi connectivity index (χ3v) is 11.0. The minimum atomic E-state index is -0.502. The van der Waals surface area contributed by atoms with Gasteiger partial charge in [0.2, 0.25) is 0 Å². The summed E-state index contributed by atoms with van der Waals surface area (Å²) in [5, 5.41) is 16.5. The number of phenols is 1. The third-order valence-electron chi connectivity index (χ3n) is 11.0. The number of piperazine rings is 1. The summed E-state index contributed by atoms with van der Waals surface area (Å²) in [4.78, 5) is 14.9. The van der Waals surface area contributed by atoms with E-state index in [1.165, 1.54) is 0 Å². The van der Waals surface area contributed by atoms with Crippen LogP contribution in [-0.4, -0.2) is 90.7 Å². The fraction of sp³-hybridized carbons (Fsp3) is 0.487. The van der Waals surface area contributed by atoms with E-state index < -0.39 is 5.82 Å². The van der Waals surface area contributed by atoms with Gasteiger partial charge in [0.05, 0.1) is 36.8 Å². The van der Waals surface area contributed by atoms with Crippen LogP contribution in [0.2, 0.25) is 0 Å². The number of aromatic nitrogens is 2. The molecule has 1 aliphatic carbocycles. The molecule has 3 atom stereocenters. The highest BCUT2D eigenvalue weighted by Crippen LogP contribution is 2.50. The van der Waals surface area contributed by atoms with Crippen molar-refractivity contribution in [2.75, 3.05) is 57.5 Å². The molecule has 0 spiro atoms. The van der Waals surface area contributed by atoms with E-state index in [4.69, 9.17) is 30.6 Å². The smallest absolute Gasteiger partial charge is 0.318 e. The summed E-state index contributed by atoms with van der Waals surface area (Å²) in [5.74, 6) is 3.06. The van der Waals surface area contributed by atoms with Gasteiger partial charge in [0.1, 0.15) is 18.2 Å². The van der Waals surface area contributed by atoms with Crippen LogP contribution in [0.1, 0.15) is 51.2 Å². The number of phenolic OH excluding ortho intramolecular Hbond substituents is 1. The Kier molecular flexibility index (Phi) is 8.25. The molecule has 3 aromatic carbocycles. The summed E-state index contributed by atoms with van der Waals surface area (Å²) in [6, 6.07) is 9.68. The number of morpholine rings is 1. The fourth-order valence-electron chi connectivity index (χ4n) is 7.99. The molecule has 10 heteroatoms. The summed E-state index contributed by atoms with van der Waals surface area (Å²) < 4.78 is 36.0. The first-order valence-corrected chi connectivity index (χ1v) is 17.7. The van der Waals surface area contributed by atoms with Crippen LogP contribution in [0.4, 0.5) is 10.2 Å². The topological polar surface area (TPSA) is 92.2 Å². The van der Waals surface area contributed by atoms with Crippen molar-refractivity contribution < 1.29 is 23.7 Å². The molecule has 49 heavy (non-hydrogen) atoms. The summed E-state index contributed by atoms with van der Waals surface area (Å²) in [6.07, 6.45) is 9.56. The van der Waals surface area contributed by atoms with Crippen molar-refractivity contribution in [3.8, 4) is 41.0 Å². The second kappa shape index (κ2) is 12.6. The molecule has 2 N–H and O–H groups in total. The van der Waals surface area contributed by atoms with Crippen LogP contribution in [0.25, 0.3) is 32.8 Å². The molecule has 4 aromatic rings. The normalized spacial score (nSPS) is 23.1. The van der Waals surface area contributed by atoms with Crippen LogP contribution >= 0.6 is 0 Å². The molecular formula is C39H44FN5O4. The van der Waals surface area contributed by atoms with Crippen molar-refractivity contribution >= 4 is 27.5 Å². The predicted molar refractivity (Wildman–Crippen MR) is 189 cm³/mol. The maximum absolute atomic E-state index is 17.3. The van der Waals surface area contributed by atoms with Crippen molar-refractivity contribution in [1.29, 1.82) is 0 Å². The Morgan fingerprint density at radius 3 is 2.80 bits per heavy atom. The first kappa shape index (κ1) is 32.1. The zero-order valence-electron chi connectivity index (χ0n) is 28.5. The summed E-state index contributed by atoms with van der Waals surface area (Å²) in [7, 11) is 0. The van der Waals surface area contributed by atoms with E-state index in [2.05, 4.69) is 34.9 Å². The molecule has 4 heterocycles. The monoisotopic (exact) mass is 665 g/mol. The maximum Gasteiger partial charge on any atom is 0.318 e. The molecular weight excluding hydrogens is 621 g/mol. The highest BCUT2D eigenvalue weighted by molar-refractivity contribution is 6.07. The van der Waals surface area contributed by atoms with Crippen LogP contribution in [0.15, 0.2) is 30.3 Å². The lowest BCUT2D eigenvalue weighted by Gasteiger charge is -2.39. The van der Waals surface area contributed by atoms with Crippen LogP contribution in [0.3, 0.4) is 0 Å². The van der Waals surface area contributed by atoms with Gasteiger partial charge >= 0.3 is 6.01 Å². The van der Waals surface area contributed by atoms with Gasteiger partial charge in [-0.05, 0) is 67.3 Å². The number of ether oxygens (including phenoxy) is 3. The Hall–Kier alpha value is -4.17. The van der Waals surface area contributed by atoms with Crippen molar-refractivity contribution in [3.63, 3.8) is 0 Å². The molecule has 0 amide bonds. The standard InChI is InChI=1S/C39H44FN5O4/c1-5-24-9-8-10-25-15-28(46)16-30(31(24)25)32-29(7-3)35-33-36(34(32)40)48-20-27-17-41-26(6-2)18-45(27)37(33)43-38(42-35)49-22-39(11-12-39)21-44-13-14-47-19-23(44)4/h1,8-10,15-16,23,26-27,41,46H,6-7,11-14,17-22H2,2-4H3/t23-,26-,27+/m1/s1. The molecule has 4 aliphatic rings. The van der Waals surface area contributed by atoms with Gasteiger partial charge in [0.15, 0.2) is 11.6 Å². The maximum atomic E-state index is 17.3. The van der Waals surface area contributed by atoms with Gasteiger partial charge in [-0.25, -0.2) is 4.39 Å². The van der Waals surface area contributed by atoms with Gasteiger partial charge < -0.3 is 29.5 Å². The van der Waals surface area contributed by atoms with E-state index in [0.717, 1.165) is 51.0 Å². The zero-order chi connectivity index (χ0) is 33.9. The molecule has 0 unspecified atom stereocenters. The van der Waals surface area contributed by atoms with Crippen molar-refractivity contribution in [1.82, 2.24) is 20.2 Å². The fourth-order valence-corrected chi connectivity index (χ4v) is 7.99. The van der Waals surface area contributed by atoms with Gasteiger partial charge in [0.25, 0.3) is 0 Å². The molecule has 9 nitrogen and oxygen atoms in total. The number of fused-ring (bicyclic) bond motifs is 3. The Morgan fingerprint density at radius 1 is 1.18 bits per heavy atom. The minimum Gasteiger partial charge on any atom is -0.508 e. The van der Waals surface area contributed by atoms with Crippen molar-refractivity contribution in [2.45, 2.75) is 64.6 Å². The minimum absolute atomic E-state index is 0.0236. The average molecular weight is 666 g/mol. The lowest BCUT2D eigenvalue weighted by molar-refractivity contribution is -0.0134. The van der Waals surface area contributed by atoms with Gasteiger partial charge in [-0.15, -0.1) is 6.42 Å². The van der Waals surface area contributed by atoms with Crippen LogP contribution in [0, 0.1) is 23.6 Å². The molecule has 3 aliphatic heterocycles. The third kappa shape index (κ3) is 5.62. The number of nitrogens with one attached hydrogen (secondary N) is 1. The van der Waals surface area contributed by atoms with E-state index in [-0.39, 0.29) is 35.6 Å². The van der Waals surface area contributed by atoms with Gasteiger partial charge in [-0.3, -0.25) is 4.90 Å².